The van der Waals surface area contributed by atoms with Gasteiger partial charge in [-0.1, -0.05) is 26.0 Å². The summed E-state index contributed by atoms with van der Waals surface area (Å²) >= 11 is 0. The van der Waals surface area contributed by atoms with Gasteiger partial charge in [0.1, 0.15) is 11.8 Å². The molecule has 0 amide bonds. The zero-order valence-corrected chi connectivity index (χ0v) is 12.1. The Balaban J connectivity index is 1.77. The Kier molecular flexibility index (Phi) is 5.01. The van der Waals surface area contributed by atoms with Gasteiger partial charge in [-0.3, -0.25) is 4.79 Å². The van der Waals surface area contributed by atoms with Crippen LogP contribution in [0.5, 0.6) is 5.75 Å². The average molecular weight is 277 g/mol. The second-order valence-corrected chi connectivity index (χ2v) is 5.69. The number of nitrogens with one attached hydrogen (secondary N) is 1. The van der Waals surface area contributed by atoms with Crippen molar-refractivity contribution in [2.75, 3.05) is 6.61 Å². The molecule has 1 unspecified atom stereocenters. The van der Waals surface area contributed by atoms with Crippen molar-refractivity contribution in [1.29, 1.82) is 0 Å². The molecule has 1 atom stereocenters. The molecular weight excluding hydrogens is 254 g/mol. The number of benzene rings is 1. The quantitative estimate of drug-likeness (QED) is 0.767. The van der Waals surface area contributed by atoms with Crippen LogP contribution in [0.4, 0.5) is 0 Å². The van der Waals surface area contributed by atoms with Crippen molar-refractivity contribution in [2.45, 2.75) is 51.1 Å². The number of ether oxygens (including phenoxy) is 1. The smallest absolute Gasteiger partial charge is 0.320 e. The van der Waals surface area contributed by atoms with E-state index >= 15 is 0 Å². The predicted molar refractivity (Wildman–Crippen MR) is 78.2 cm³/mol. The number of carboxylic acids is 1. The van der Waals surface area contributed by atoms with Gasteiger partial charge in [0.05, 0.1) is 6.61 Å². The number of rotatable bonds is 8. The Bertz CT molecular complexity index is 438. The van der Waals surface area contributed by atoms with E-state index in [0.717, 1.165) is 18.6 Å². The van der Waals surface area contributed by atoms with Crippen LogP contribution in [-0.2, 0) is 4.79 Å². The fourth-order valence-corrected chi connectivity index (χ4v) is 2.06. The molecule has 2 rings (SSSR count). The third-order valence-electron chi connectivity index (χ3n) is 3.53. The van der Waals surface area contributed by atoms with Gasteiger partial charge >= 0.3 is 5.97 Å². The van der Waals surface area contributed by atoms with Gasteiger partial charge in [0, 0.05) is 12.5 Å². The summed E-state index contributed by atoms with van der Waals surface area (Å²) in [7, 11) is 0. The van der Waals surface area contributed by atoms with Gasteiger partial charge < -0.3 is 15.2 Å². The Labute approximate surface area is 120 Å². The molecule has 1 aromatic carbocycles. The van der Waals surface area contributed by atoms with Crippen molar-refractivity contribution in [3.8, 4) is 5.75 Å². The summed E-state index contributed by atoms with van der Waals surface area (Å²) in [6.07, 6.45) is 2.65. The van der Waals surface area contributed by atoms with Crippen LogP contribution in [0.1, 0.15) is 44.6 Å². The molecule has 0 radical (unpaired) electrons. The molecule has 0 bridgehead atoms. The molecule has 4 heteroatoms. The number of aliphatic carboxylic acids is 1. The summed E-state index contributed by atoms with van der Waals surface area (Å²) in [4.78, 5) is 11.1. The monoisotopic (exact) mass is 277 g/mol. The largest absolute Gasteiger partial charge is 0.494 e. The van der Waals surface area contributed by atoms with Crippen LogP contribution < -0.4 is 10.1 Å². The summed E-state index contributed by atoms with van der Waals surface area (Å²) < 4.78 is 5.62. The zero-order valence-electron chi connectivity index (χ0n) is 12.1. The molecule has 4 nitrogen and oxygen atoms in total. The van der Waals surface area contributed by atoms with E-state index < -0.39 is 12.0 Å². The SMILES string of the molecule is CC(C)c1ccc(OCCC(NC2CC2)C(=O)O)cc1. The topological polar surface area (TPSA) is 58.6 Å². The summed E-state index contributed by atoms with van der Waals surface area (Å²) in [5.41, 5.74) is 1.27. The molecule has 2 N–H and O–H groups in total. The molecule has 1 aliphatic carbocycles. The first kappa shape index (κ1) is 14.9. The first-order valence-electron chi connectivity index (χ1n) is 7.28. The highest BCUT2D eigenvalue weighted by atomic mass is 16.5. The molecule has 0 saturated heterocycles. The summed E-state index contributed by atoms with van der Waals surface area (Å²) in [5.74, 6) is 0.504. The summed E-state index contributed by atoms with van der Waals surface area (Å²) in [6, 6.07) is 7.88. The minimum atomic E-state index is -0.796. The maximum absolute atomic E-state index is 11.1. The van der Waals surface area contributed by atoms with Gasteiger partial charge in [0.2, 0.25) is 0 Å². The fraction of sp³-hybridized carbons (Fsp3) is 0.562. The third-order valence-corrected chi connectivity index (χ3v) is 3.53. The van der Waals surface area contributed by atoms with Crippen molar-refractivity contribution < 1.29 is 14.6 Å². The Morgan fingerprint density at radius 2 is 2.00 bits per heavy atom. The van der Waals surface area contributed by atoms with Crippen LogP contribution in [0, 0.1) is 0 Å². The van der Waals surface area contributed by atoms with Crippen molar-refractivity contribution in [1.82, 2.24) is 5.32 Å². The van der Waals surface area contributed by atoms with E-state index in [1.165, 1.54) is 5.56 Å². The van der Waals surface area contributed by atoms with Crippen LogP contribution in [0.15, 0.2) is 24.3 Å². The zero-order chi connectivity index (χ0) is 14.5. The van der Waals surface area contributed by atoms with Crippen LogP contribution >= 0.6 is 0 Å². The highest BCUT2D eigenvalue weighted by molar-refractivity contribution is 5.73. The summed E-state index contributed by atoms with van der Waals surface area (Å²) in [5, 5.41) is 12.2. The third kappa shape index (κ3) is 4.53. The van der Waals surface area contributed by atoms with E-state index in [9.17, 15) is 4.79 Å². The van der Waals surface area contributed by atoms with E-state index in [1.807, 2.05) is 12.1 Å². The minimum Gasteiger partial charge on any atom is -0.494 e. The molecule has 1 saturated carbocycles. The maximum Gasteiger partial charge on any atom is 0.320 e. The number of carboxylic acid groups (broad SMARTS) is 1. The van der Waals surface area contributed by atoms with Crippen LogP contribution in [0.2, 0.25) is 0 Å². The lowest BCUT2D eigenvalue weighted by molar-refractivity contribution is -0.139. The maximum atomic E-state index is 11.1. The highest BCUT2D eigenvalue weighted by Gasteiger charge is 2.27. The molecule has 20 heavy (non-hydrogen) atoms. The highest BCUT2D eigenvalue weighted by Crippen LogP contribution is 2.21. The van der Waals surface area contributed by atoms with Crippen molar-refractivity contribution >= 4 is 5.97 Å². The lowest BCUT2D eigenvalue weighted by Gasteiger charge is -2.14. The molecule has 110 valence electrons. The first-order valence-corrected chi connectivity index (χ1v) is 7.28. The van der Waals surface area contributed by atoms with E-state index in [4.69, 9.17) is 9.84 Å². The van der Waals surface area contributed by atoms with Crippen molar-refractivity contribution in [3.63, 3.8) is 0 Å². The second kappa shape index (κ2) is 6.75. The lowest BCUT2D eigenvalue weighted by atomic mass is 10.0. The second-order valence-electron chi connectivity index (χ2n) is 5.69. The number of hydrogen-bond donors (Lipinski definition) is 2. The van der Waals surface area contributed by atoms with Crippen molar-refractivity contribution in [2.24, 2.45) is 0 Å². The first-order chi connectivity index (χ1) is 9.56. The van der Waals surface area contributed by atoms with Gasteiger partial charge in [-0.05, 0) is 36.5 Å². The fourth-order valence-electron chi connectivity index (χ4n) is 2.06. The van der Waals surface area contributed by atoms with Crippen molar-refractivity contribution in [3.05, 3.63) is 29.8 Å². The molecular formula is C16H23NO3. The van der Waals surface area contributed by atoms with Gasteiger partial charge in [-0.15, -0.1) is 0 Å². The average Bonchev–Trinajstić information content (AvgIpc) is 3.22. The molecule has 0 aromatic heterocycles. The van der Waals surface area contributed by atoms with Crippen LogP contribution in [0.3, 0.4) is 0 Å². The predicted octanol–water partition coefficient (Wildman–Crippen LogP) is 2.78. The van der Waals surface area contributed by atoms with Gasteiger partial charge in [0.15, 0.2) is 0 Å². The van der Waals surface area contributed by atoms with Crippen LogP contribution in [-0.4, -0.2) is 29.8 Å². The van der Waals surface area contributed by atoms with E-state index in [1.54, 1.807) is 0 Å². The van der Waals surface area contributed by atoms with Gasteiger partial charge in [-0.25, -0.2) is 0 Å². The van der Waals surface area contributed by atoms with Gasteiger partial charge in [-0.2, -0.15) is 0 Å². The van der Waals surface area contributed by atoms with Crippen LogP contribution in [0.25, 0.3) is 0 Å². The Hall–Kier alpha value is -1.55. The Morgan fingerprint density at radius 1 is 1.35 bits per heavy atom. The molecule has 0 spiro atoms. The minimum absolute atomic E-state index is 0.390. The molecule has 1 aliphatic rings. The summed E-state index contributed by atoms with van der Waals surface area (Å²) in [6.45, 7) is 4.71. The number of hydrogen-bond acceptors (Lipinski definition) is 3. The van der Waals surface area contributed by atoms with E-state index in [-0.39, 0.29) is 0 Å². The molecule has 0 heterocycles. The molecule has 1 aromatic rings. The normalized spacial score (nSPS) is 16.1. The van der Waals surface area contributed by atoms with E-state index in [2.05, 4.69) is 31.3 Å². The van der Waals surface area contributed by atoms with E-state index in [0.29, 0.717) is 25.0 Å². The lowest BCUT2D eigenvalue weighted by Crippen LogP contribution is -2.39. The standard InChI is InChI=1S/C16H23NO3/c1-11(2)12-3-7-14(8-4-12)20-10-9-15(16(18)19)17-13-5-6-13/h3-4,7-8,11,13,15,17H,5-6,9-10H2,1-2H3,(H,18,19). The van der Waals surface area contributed by atoms with Gasteiger partial charge in [0.25, 0.3) is 0 Å². The molecule has 0 aliphatic heterocycles. The Morgan fingerprint density at radius 3 is 2.50 bits per heavy atom. The molecule has 1 fully saturated rings. The number of carbonyl (C=O) groups is 1.